The van der Waals surface area contributed by atoms with Gasteiger partial charge in [-0.15, -0.1) is 0 Å². The molecular formula is C18H28N2. The molecule has 2 heteroatoms. The first-order valence-corrected chi connectivity index (χ1v) is 8.48. The summed E-state index contributed by atoms with van der Waals surface area (Å²) >= 11 is 0. The molecule has 20 heavy (non-hydrogen) atoms. The summed E-state index contributed by atoms with van der Waals surface area (Å²) < 4.78 is 0. The van der Waals surface area contributed by atoms with Crippen molar-refractivity contribution in [1.82, 2.24) is 0 Å². The van der Waals surface area contributed by atoms with E-state index in [0.717, 1.165) is 5.92 Å². The van der Waals surface area contributed by atoms with Crippen molar-refractivity contribution in [2.75, 3.05) is 23.3 Å². The van der Waals surface area contributed by atoms with Crippen molar-refractivity contribution in [1.29, 1.82) is 0 Å². The van der Waals surface area contributed by atoms with Crippen LogP contribution in [0.4, 0.5) is 11.4 Å². The molecule has 1 heterocycles. The molecule has 1 saturated heterocycles. The fourth-order valence-electron chi connectivity index (χ4n) is 3.85. The molecule has 1 saturated carbocycles. The maximum Gasteiger partial charge on any atom is 0.0367 e. The maximum atomic E-state index is 3.75. The van der Waals surface area contributed by atoms with E-state index in [-0.39, 0.29) is 0 Å². The highest BCUT2D eigenvalue weighted by atomic mass is 15.1. The van der Waals surface area contributed by atoms with Gasteiger partial charge in [0.15, 0.2) is 0 Å². The zero-order valence-electron chi connectivity index (χ0n) is 12.8. The second-order valence-corrected chi connectivity index (χ2v) is 6.44. The van der Waals surface area contributed by atoms with Gasteiger partial charge in [0.2, 0.25) is 0 Å². The summed E-state index contributed by atoms with van der Waals surface area (Å²) in [6.07, 6.45) is 9.54. The molecule has 0 bridgehead atoms. The fourth-order valence-corrected chi connectivity index (χ4v) is 3.85. The Kier molecular flexibility index (Phi) is 4.49. The van der Waals surface area contributed by atoms with Crippen LogP contribution in [0.25, 0.3) is 0 Å². The van der Waals surface area contributed by atoms with E-state index < -0.39 is 0 Å². The first kappa shape index (κ1) is 13.8. The first-order chi connectivity index (χ1) is 9.86. The quantitative estimate of drug-likeness (QED) is 0.857. The highest BCUT2D eigenvalue weighted by Crippen LogP contribution is 2.31. The Morgan fingerprint density at radius 3 is 2.45 bits per heavy atom. The van der Waals surface area contributed by atoms with E-state index in [1.807, 2.05) is 0 Å². The van der Waals surface area contributed by atoms with Gasteiger partial charge < -0.3 is 10.2 Å². The molecule has 1 aromatic rings. The highest BCUT2D eigenvalue weighted by Gasteiger charge is 2.25. The van der Waals surface area contributed by atoms with Crippen molar-refractivity contribution in [2.45, 2.75) is 57.9 Å². The summed E-state index contributed by atoms with van der Waals surface area (Å²) in [5.74, 6) is 0.872. The molecule has 0 aromatic heterocycles. The van der Waals surface area contributed by atoms with E-state index in [1.165, 1.54) is 69.4 Å². The Morgan fingerprint density at radius 1 is 1.00 bits per heavy atom. The SMILES string of the molecule is CCC1CCCC1Nc1ccc(N2CCCCC2)cc1. The van der Waals surface area contributed by atoms with Crippen LogP contribution in [0.1, 0.15) is 51.9 Å². The van der Waals surface area contributed by atoms with Gasteiger partial charge in [-0.25, -0.2) is 0 Å². The minimum Gasteiger partial charge on any atom is -0.382 e. The third kappa shape index (κ3) is 3.11. The van der Waals surface area contributed by atoms with Gasteiger partial charge in [-0.3, -0.25) is 0 Å². The van der Waals surface area contributed by atoms with Gasteiger partial charge in [0.1, 0.15) is 0 Å². The maximum absolute atomic E-state index is 3.75. The number of hydrogen-bond donors (Lipinski definition) is 1. The molecule has 110 valence electrons. The van der Waals surface area contributed by atoms with Crippen molar-refractivity contribution < 1.29 is 0 Å². The zero-order valence-corrected chi connectivity index (χ0v) is 12.8. The molecule has 1 aromatic carbocycles. The Morgan fingerprint density at radius 2 is 1.75 bits per heavy atom. The van der Waals surface area contributed by atoms with Crippen LogP contribution in [-0.4, -0.2) is 19.1 Å². The van der Waals surface area contributed by atoms with Gasteiger partial charge in [0.05, 0.1) is 0 Å². The average Bonchev–Trinajstić information content (AvgIpc) is 2.96. The lowest BCUT2D eigenvalue weighted by atomic mass is 10.0. The first-order valence-electron chi connectivity index (χ1n) is 8.48. The lowest BCUT2D eigenvalue weighted by Gasteiger charge is -2.29. The molecule has 2 aliphatic rings. The predicted octanol–water partition coefficient (Wildman–Crippen LogP) is 4.67. The fraction of sp³-hybridized carbons (Fsp3) is 0.667. The lowest BCUT2D eigenvalue weighted by molar-refractivity contribution is 0.489. The standard InChI is InChI=1S/C18H28N2/c1-2-15-7-6-8-18(15)19-16-9-11-17(12-10-16)20-13-4-3-5-14-20/h9-12,15,18-19H,2-8,13-14H2,1H3. The largest absolute Gasteiger partial charge is 0.382 e. The number of rotatable bonds is 4. The van der Waals surface area contributed by atoms with E-state index in [2.05, 4.69) is 41.4 Å². The molecule has 2 fully saturated rings. The van der Waals surface area contributed by atoms with Gasteiger partial charge in [0, 0.05) is 30.5 Å². The summed E-state index contributed by atoms with van der Waals surface area (Å²) in [7, 11) is 0. The molecule has 1 aliphatic carbocycles. The smallest absolute Gasteiger partial charge is 0.0367 e. The van der Waals surface area contributed by atoms with Gasteiger partial charge in [-0.05, 0) is 62.3 Å². The second kappa shape index (κ2) is 6.51. The molecule has 0 radical (unpaired) electrons. The molecule has 2 unspecified atom stereocenters. The van der Waals surface area contributed by atoms with Crippen LogP contribution in [0.3, 0.4) is 0 Å². The van der Waals surface area contributed by atoms with Crippen molar-refractivity contribution >= 4 is 11.4 Å². The summed E-state index contributed by atoms with van der Waals surface area (Å²) in [5.41, 5.74) is 2.70. The van der Waals surface area contributed by atoms with Crippen LogP contribution in [0.15, 0.2) is 24.3 Å². The second-order valence-electron chi connectivity index (χ2n) is 6.44. The zero-order chi connectivity index (χ0) is 13.8. The summed E-state index contributed by atoms with van der Waals surface area (Å²) in [5, 5.41) is 3.75. The minimum absolute atomic E-state index is 0.695. The van der Waals surface area contributed by atoms with Crippen molar-refractivity contribution in [2.24, 2.45) is 5.92 Å². The summed E-state index contributed by atoms with van der Waals surface area (Å²) in [4.78, 5) is 2.53. The van der Waals surface area contributed by atoms with Gasteiger partial charge in [-0.1, -0.05) is 19.8 Å². The predicted molar refractivity (Wildman–Crippen MR) is 87.5 cm³/mol. The van der Waals surface area contributed by atoms with Crippen LogP contribution in [-0.2, 0) is 0 Å². The molecular weight excluding hydrogens is 244 g/mol. The highest BCUT2D eigenvalue weighted by molar-refractivity contribution is 5.55. The van der Waals surface area contributed by atoms with Crippen molar-refractivity contribution in [3.05, 3.63) is 24.3 Å². The monoisotopic (exact) mass is 272 g/mol. The number of nitrogens with one attached hydrogen (secondary N) is 1. The Bertz CT molecular complexity index is 406. The number of benzene rings is 1. The van der Waals surface area contributed by atoms with Crippen LogP contribution in [0.5, 0.6) is 0 Å². The van der Waals surface area contributed by atoms with E-state index in [9.17, 15) is 0 Å². The number of anilines is 2. The van der Waals surface area contributed by atoms with E-state index in [4.69, 9.17) is 0 Å². The summed E-state index contributed by atoms with van der Waals surface area (Å²) in [6, 6.07) is 9.83. The molecule has 2 atom stereocenters. The van der Waals surface area contributed by atoms with E-state index in [1.54, 1.807) is 0 Å². The Labute approximate surface area is 123 Å². The molecule has 1 aliphatic heterocycles. The number of piperidine rings is 1. The topological polar surface area (TPSA) is 15.3 Å². The van der Waals surface area contributed by atoms with E-state index in [0.29, 0.717) is 6.04 Å². The Balaban J connectivity index is 1.61. The molecule has 0 amide bonds. The molecule has 2 nitrogen and oxygen atoms in total. The van der Waals surface area contributed by atoms with Crippen LogP contribution in [0, 0.1) is 5.92 Å². The van der Waals surface area contributed by atoms with Gasteiger partial charge in [0.25, 0.3) is 0 Å². The minimum atomic E-state index is 0.695. The van der Waals surface area contributed by atoms with Crippen LogP contribution < -0.4 is 10.2 Å². The average molecular weight is 272 g/mol. The third-order valence-electron chi connectivity index (χ3n) is 5.12. The third-order valence-corrected chi connectivity index (χ3v) is 5.12. The van der Waals surface area contributed by atoms with Crippen LogP contribution in [0.2, 0.25) is 0 Å². The van der Waals surface area contributed by atoms with Crippen LogP contribution >= 0.6 is 0 Å². The Hall–Kier alpha value is -1.18. The normalized spacial score (nSPS) is 26.8. The molecule has 1 N–H and O–H groups in total. The lowest BCUT2D eigenvalue weighted by Crippen LogP contribution is -2.29. The molecule has 3 rings (SSSR count). The van der Waals surface area contributed by atoms with Gasteiger partial charge in [-0.2, -0.15) is 0 Å². The van der Waals surface area contributed by atoms with Gasteiger partial charge >= 0.3 is 0 Å². The van der Waals surface area contributed by atoms with E-state index >= 15 is 0 Å². The molecule has 0 spiro atoms. The van der Waals surface area contributed by atoms with Crippen molar-refractivity contribution in [3.63, 3.8) is 0 Å². The summed E-state index contributed by atoms with van der Waals surface area (Å²) in [6.45, 7) is 4.78. The number of hydrogen-bond acceptors (Lipinski definition) is 2. The number of nitrogens with zero attached hydrogens (tertiary/aromatic N) is 1. The van der Waals surface area contributed by atoms with Crippen molar-refractivity contribution in [3.8, 4) is 0 Å².